The molecule has 0 aromatic carbocycles. The lowest BCUT2D eigenvalue weighted by atomic mass is 10.3. The quantitative estimate of drug-likeness (QED) is 0.772. The van der Waals surface area contributed by atoms with E-state index in [1.165, 1.54) is 0 Å². The summed E-state index contributed by atoms with van der Waals surface area (Å²) < 4.78 is 3.36. The maximum absolute atomic E-state index is 11.7. The monoisotopic (exact) mass is 196 g/mol. The first kappa shape index (κ1) is 9.52. The van der Waals surface area contributed by atoms with Crippen LogP contribution in [0, 0.1) is 0 Å². The molecule has 2 rings (SSSR count). The molecule has 14 heavy (non-hydrogen) atoms. The molecule has 1 aliphatic rings. The zero-order valence-corrected chi connectivity index (χ0v) is 8.39. The fourth-order valence-electron chi connectivity index (χ4n) is 1.55. The predicted octanol–water partition coefficient (Wildman–Crippen LogP) is 0.756. The lowest BCUT2D eigenvalue weighted by molar-refractivity contribution is 0.148. The molecule has 0 spiro atoms. The Labute approximate surface area is 82.8 Å². The predicted molar refractivity (Wildman–Crippen MR) is 53.3 cm³/mol. The van der Waals surface area contributed by atoms with Crippen LogP contribution in [0.25, 0.3) is 0 Å². The summed E-state index contributed by atoms with van der Waals surface area (Å²) in [7, 11) is 0. The Kier molecular flexibility index (Phi) is 2.46. The molecular formula is C10H16N2O2. The van der Waals surface area contributed by atoms with E-state index in [1.54, 1.807) is 15.3 Å². The summed E-state index contributed by atoms with van der Waals surface area (Å²) in [5, 5.41) is 9.43. The van der Waals surface area contributed by atoms with E-state index < -0.39 is 6.10 Å². The van der Waals surface area contributed by atoms with E-state index in [1.807, 2.05) is 13.1 Å². The van der Waals surface area contributed by atoms with Gasteiger partial charge in [-0.05, 0) is 19.3 Å². The van der Waals surface area contributed by atoms with Gasteiger partial charge in [-0.3, -0.25) is 9.13 Å². The third-order valence-electron chi connectivity index (χ3n) is 2.69. The van der Waals surface area contributed by atoms with Gasteiger partial charge in [-0.1, -0.05) is 6.92 Å². The number of imidazole rings is 1. The molecule has 1 heterocycles. The van der Waals surface area contributed by atoms with E-state index in [9.17, 15) is 9.90 Å². The Morgan fingerprint density at radius 3 is 2.86 bits per heavy atom. The van der Waals surface area contributed by atoms with Crippen LogP contribution in [0.2, 0.25) is 0 Å². The van der Waals surface area contributed by atoms with E-state index in [-0.39, 0.29) is 5.69 Å². The van der Waals surface area contributed by atoms with Gasteiger partial charge < -0.3 is 5.11 Å². The van der Waals surface area contributed by atoms with Gasteiger partial charge in [0.2, 0.25) is 0 Å². The van der Waals surface area contributed by atoms with Crippen molar-refractivity contribution in [3.8, 4) is 0 Å². The normalized spacial score (nSPS) is 18.4. The van der Waals surface area contributed by atoms with Crippen molar-refractivity contribution in [2.45, 2.75) is 44.9 Å². The highest BCUT2D eigenvalue weighted by Crippen LogP contribution is 2.33. The van der Waals surface area contributed by atoms with Crippen molar-refractivity contribution in [3.05, 3.63) is 22.9 Å². The van der Waals surface area contributed by atoms with E-state index in [0.29, 0.717) is 19.0 Å². The summed E-state index contributed by atoms with van der Waals surface area (Å²) in [4.78, 5) is 11.7. The average molecular weight is 196 g/mol. The van der Waals surface area contributed by atoms with Crippen molar-refractivity contribution in [3.63, 3.8) is 0 Å². The number of aromatic nitrogens is 2. The summed E-state index contributed by atoms with van der Waals surface area (Å²) in [6.07, 6.45) is 6.08. The Bertz CT molecular complexity index is 362. The van der Waals surface area contributed by atoms with Crippen LogP contribution >= 0.6 is 0 Å². The number of hydrogen-bond acceptors (Lipinski definition) is 2. The van der Waals surface area contributed by atoms with Gasteiger partial charge in [0.05, 0.1) is 12.6 Å². The van der Waals surface area contributed by atoms with Crippen molar-refractivity contribution in [2.24, 2.45) is 0 Å². The van der Waals surface area contributed by atoms with Crippen LogP contribution in [0.15, 0.2) is 17.2 Å². The number of hydrogen-bond donors (Lipinski definition) is 1. The molecule has 1 aromatic heterocycles. The Balaban J connectivity index is 2.14. The minimum absolute atomic E-state index is 0.0139. The van der Waals surface area contributed by atoms with Crippen LogP contribution in [0.1, 0.15) is 32.2 Å². The summed E-state index contributed by atoms with van der Waals surface area (Å²) in [5.74, 6) is 0. The number of aliphatic hydroxyl groups is 1. The van der Waals surface area contributed by atoms with Crippen molar-refractivity contribution in [1.82, 2.24) is 9.13 Å². The molecular weight excluding hydrogens is 180 g/mol. The van der Waals surface area contributed by atoms with Gasteiger partial charge in [-0.25, -0.2) is 4.79 Å². The molecule has 1 atom stereocenters. The van der Waals surface area contributed by atoms with Gasteiger partial charge in [0, 0.05) is 18.4 Å². The van der Waals surface area contributed by atoms with Gasteiger partial charge in [0.15, 0.2) is 0 Å². The highest BCUT2D eigenvalue weighted by molar-refractivity contribution is 4.91. The average Bonchev–Trinajstić information content (AvgIpc) is 2.95. The summed E-state index contributed by atoms with van der Waals surface area (Å²) in [6.45, 7) is 2.32. The van der Waals surface area contributed by atoms with E-state index >= 15 is 0 Å². The van der Waals surface area contributed by atoms with Gasteiger partial charge >= 0.3 is 5.69 Å². The molecule has 0 radical (unpaired) electrons. The first-order chi connectivity index (χ1) is 6.72. The van der Waals surface area contributed by atoms with E-state index in [2.05, 4.69) is 0 Å². The third kappa shape index (κ3) is 1.75. The molecule has 4 nitrogen and oxygen atoms in total. The van der Waals surface area contributed by atoms with Gasteiger partial charge in [0.25, 0.3) is 0 Å². The number of nitrogens with zero attached hydrogens (tertiary/aromatic N) is 2. The SMILES string of the molecule is CCC(O)Cn1ccn(C2CC2)c1=O. The molecule has 0 amide bonds. The first-order valence-corrected chi connectivity index (χ1v) is 5.17. The summed E-state index contributed by atoms with van der Waals surface area (Å²) in [6, 6.07) is 0.419. The van der Waals surface area contributed by atoms with Crippen molar-refractivity contribution in [2.75, 3.05) is 0 Å². The van der Waals surface area contributed by atoms with Crippen LogP contribution in [0.5, 0.6) is 0 Å². The van der Waals surface area contributed by atoms with Gasteiger partial charge in [0.1, 0.15) is 0 Å². The molecule has 1 aliphatic carbocycles. The highest BCUT2D eigenvalue weighted by Gasteiger charge is 2.25. The second-order valence-electron chi connectivity index (χ2n) is 3.93. The van der Waals surface area contributed by atoms with Crippen LogP contribution in [-0.2, 0) is 6.54 Å². The molecule has 4 heteroatoms. The minimum atomic E-state index is -0.414. The Morgan fingerprint density at radius 1 is 1.57 bits per heavy atom. The molecule has 1 aromatic rings. The summed E-state index contributed by atoms with van der Waals surface area (Å²) in [5.41, 5.74) is 0.0139. The summed E-state index contributed by atoms with van der Waals surface area (Å²) >= 11 is 0. The fourth-order valence-corrected chi connectivity index (χ4v) is 1.55. The molecule has 1 N–H and O–H groups in total. The third-order valence-corrected chi connectivity index (χ3v) is 2.69. The molecule has 78 valence electrons. The maximum Gasteiger partial charge on any atom is 0.328 e. The zero-order valence-electron chi connectivity index (χ0n) is 8.39. The standard InChI is InChI=1S/C10H16N2O2/c1-2-9(13)7-11-5-6-12(10(11)14)8-3-4-8/h5-6,8-9,13H,2-4,7H2,1H3. The molecule has 1 saturated carbocycles. The second kappa shape index (κ2) is 3.61. The van der Waals surface area contributed by atoms with Crippen molar-refractivity contribution < 1.29 is 5.11 Å². The zero-order chi connectivity index (χ0) is 10.1. The van der Waals surface area contributed by atoms with Crippen LogP contribution in [-0.4, -0.2) is 20.3 Å². The van der Waals surface area contributed by atoms with E-state index in [0.717, 1.165) is 12.8 Å². The Hall–Kier alpha value is -1.03. The maximum atomic E-state index is 11.7. The fraction of sp³-hybridized carbons (Fsp3) is 0.700. The second-order valence-corrected chi connectivity index (χ2v) is 3.93. The number of rotatable bonds is 4. The lowest BCUT2D eigenvalue weighted by Gasteiger charge is -2.06. The van der Waals surface area contributed by atoms with Crippen LogP contribution in [0.4, 0.5) is 0 Å². The van der Waals surface area contributed by atoms with Gasteiger partial charge in [-0.15, -0.1) is 0 Å². The highest BCUT2D eigenvalue weighted by atomic mass is 16.3. The van der Waals surface area contributed by atoms with Crippen LogP contribution in [0.3, 0.4) is 0 Å². The Morgan fingerprint density at radius 2 is 2.29 bits per heavy atom. The molecule has 0 aliphatic heterocycles. The molecule has 1 fully saturated rings. The van der Waals surface area contributed by atoms with E-state index in [4.69, 9.17) is 0 Å². The van der Waals surface area contributed by atoms with Crippen molar-refractivity contribution >= 4 is 0 Å². The lowest BCUT2D eigenvalue weighted by Crippen LogP contribution is -2.27. The minimum Gasteiger partial charge on any atom is -0.391 e. The smallest absolute Gasteiger partial charge is 0.328 e. The van der Waals surface area contributed by atoms with Crippen LogP contribution < -0.4 is 5.69 Å². The topological polar surface area (TPSA) is 47.2 Å². The molecule has 1 unspecified atom stereocenters. The van der Waals surface area contributed by atoms with Gasteiger partial charge in [-0.2, -0.15) is 0 Å². The number of aliphatic hydroxyl groups excluding tert-OH is 1. The van der Waals surface area contributed by atoms with Crippen molar-refractivity contribution in [1.29, 1.82) is 0 Å². The first-order valence-electron chi connectivity index (χ1n) is 5.17. The largest absolute Gasteiger partial charge is 0.391 e. The molecule has 0 bridgehead atoms. The molecule has 0 saturated heterocycles.